The molecule has 0 atom stereocenters. The Morgan fingerprint density at radius 3 is 2.54 bits per heavy atom. The summed E-state index contributed by atoms with van der Waals surface area (Å²) in [7, 11) is 3.67. The summed E-state index contributed by atoms with van der Waals surface area (Å²) in [6.45, 7) is 0.704. The van der Waals surface area contributed by atoms with Gasteiger partial charge in [0.2, 0.25) is 5.95 Å². The van der Waals surface area contributed by atoms with Crippen LogP contribution in [0.2, 0.25) is 0 Å². The van der Waals surface area contributed by atoms with Crippen molar-refractivity contribution in [2.75, 3.05) is 19.1 Å². The van der Waals surface area contributed by atoms with Crippen LogP contribution in [0.15, 0.2) is 66.7 Å². The van der Waals surface area contributed by atoms with Gasteiger partial charge in [0.25, 0.3) is 0 Å². The summed E-state index contributed by atoms with van der Waals surface area (Å²) < 4.78 is 7.03. The lowest BCUT2D eigenvalue weighted by atomic mass is 10.1. The molecule has 0 bridgehead atoms. The van der Waals surface area contributed by atoms with Crippen LogP contribution in [0.3, 0.4) is 0 Å². The molecule has 4 aromatic rings. The summed E-state index contributed by atoms with van der Waals surface area (Å²) in [5, 5.41) is 14.5. The predicted octanol–water partition coefficient (Wildman–Crippen LogP) is 3.46. The summed E-state index contributed by atoms with van der Waals surface area (Å²) in [6.07, 6.45) is 0. The van der Waals surface area contributed by atoms with E-state index in [1.165, 1.54) is 10.9 Å². The molecule has 0 saturated carbocycles. The number of hydrogen-bond acceptors (Lipinski definition) is 5. The van der Waals surface area contributed by atoms with Gasteiger partial charge in [-0.3, -0.25) is 0 Å². The van der Waals surface area contributed by atoms with Crippen molar-refractivity contribution in [3.05, 3.63) is 72.3 Å². The van der Waals surface area contributed by atoms with Gasteiger partial charge in [-0.05, 0) is 57.1 Å². The van der Waals surface area contributed by atoms with Crippen molar-refractivity contribution in [3.8, 4) is 11.4 Å². The Balaban J connectivity index is 1.60. The molecule has 130 valence electrons. The molecule has 0 aliphatic carbocycles. The van der Waals surface area contributed by atoms with E-state index in [2.05, 4.69) is 39.8 Å². The van der Waals surface area contributed by atoms with E-state index in [-0.39, 0.29) is 0 Å². The van der Waals surface area contributed by atoms with Crippen LogP contribution in [0.4, 0.5) is 5.95 Å². The molecule has 0 fully saturated rings. The second-order valence-corrected chi connectivity index (χ2v) is 6.13. The van der Waals surface area contributed by atoms with Crippen LogP contribution in [0.25, 0.3) is 16.5 Å². The van der Waals surface area contributed by atoms with Crippen molar-refractivity contribution >= 4 is 16.7 Å². The number of para-hydroxylation sites is 1. The third kappa shape index (κ3) is 3.09. The molecule has 0 unspecified atom stereocenters. The van der Waals surface area contributed by atoms with Crippen molar-refractivity contribution in [1.82, 2.24) is 20.2 Å². The molecule has 6 heteroatoms. The highest BCUT2D eigenvalue weighted by atomic mass is 16.5. The Labute approximate surface area is 151 Å². The Hall–Kier alpha value is -3.41. The van der Waals surface area contributed by atoms with Gasteiger partial charge in [0, 0.05) is 13.6 Å². The van der Waals surface area contributed by atoms with E-state index >= 15 is 0 Å². The number of anilines is 1. The molecular formula is C20H19N5O. The molecule has 0 amide bonds. The van der Waals surface area contributed by atoms with Gasteiger partial charge in [-0.1, -0.05) is 41.5 Å². The lowest BCUT2D eigenvalue weighted by Crippen LogP contribution is -2.20. The number of tetrazole rings is 1. The molecule has 6 nitrogen and oxygen atoms in total. The first-order chi connectivity index (χ1) is 12.7. The third-order valence-corrected chi connectivity index (χ3v) is 4.33. The molecule has 0 saturated heterocycles. The Kier molecular flexibility index (Phi) is 4.23. The molecule has 0 spiro atoms. The van der Waals surface area contributed by atoms with Gasteiger partial charge in [0.1, 0.15) is 5.75 Å². The number of methoxy groups -OCH3 is 1. The van der Waals surface area contributed by atoms with Crippen molar-refractivity contribution in [1.29, 1.82) is 0 Å². The van der Waals surface area contributed by atoms with Crippen molar-refractivity contribution in [2.45, 2.75) is 6.54 Å². The van der Waals surface area contributed by atoms with Crippen LogP contribution in [0.5, 0.6) is 5.75 Å². The molecular weight excluding hydrogens is 326 g/mol. The topological polar surface area (TPSA) is 56.1 Å². The van der Waals surface area contributed by atoms with Gasteiger partial charge in [-0.2, -0.15) is 4.68 Å². The number of benzene rings is 3. The van der Waals surface area contributed by atoms with Crippen LogP contribution in [-0.4, -0.2) is 34.4 Å². The number of fused-ring (bicyclic) bond motifs is 1. The van der Waals surface area contributed by atoms with E-state index in [0.717, 1.165) is 16.8 Å². The van der Waals surface area contributed by atoms with E-state index in [4.69, 9.17) is 4.74 Å². The zero-order chi connectivity index (χ0) is 17.9. The van der Waals surface area contributed by atoms with Crippen LogP contribution < -0.4 is 9.64 Å². The molecule has 26 heavy (non-hydrogen) atoms. The lowest BCUT2D eigenvalue weighted by Gasteiger charge is -2.18. The second-order valence-electron chi connectivity index (χ2n) is 6.13. The number of nitrogens with zero attached hydrogens (tertiary/aromatic N) is 5. The van der Waals surface area contributed by atoms with Crippen LogP contribution in [0.1, 0.15) is 5.56 Å². The Morgan fingerprint density at radius 2 is 1.73 bits per heavy atom. The fourth-order valence-electron chi connectivity index (χ4n) is 3.00. The molecule has 0 radical (unpaired) electrons. The zero-order valence-corrected chi connectivity index (χ0v) is 14.7. The molecule has 0 aliphatic rings. The number of ether oxygens (including phenoxy) is 1. The molecule has 3 aromatic carbocycles. The van der Waals surface area contributed by atoms with E-state index in [0.29, 0.717) is 12.5 Å². The van der Waals surface area contributed by atoms with E-state index in [9.17, 15) is 0 Å². The number of aromatic nitrogens is 4. The predicted molar refractivity (Wildman–Crippen MR) is 102 cm³/mol. The highest BCUT2D eigenvalue weighted by molar-refractivity contribution is 5.84. The molecule has 4 rings (SSSR count). The van der Waals surface area contributed by atoms with E-state index in [1.54, 1.807) is 11.8 Å². The fourth-order valence-corrected chi connectivity index (χ4v) is 3.00. The van der Waals surface area contributed by atoms with Gasteiger partial charge >= 0.3 is 0 Å². The molecule has 1 aromatic heterocycles. The number of rotatable bonds is 5. The Morgan fingerprint density at radius 1 is 0.962 bits per heavy atom. The van der Waals surface area contributed by atoms with Gasteiger partial charge < -0.3 is 9.64 Å². The minimum atomic E-state index is 0.700. The minimum Gasteiger partial charge on any atom is -0.497 e. The Bertz CT molecular complexity index is 1030. The maximum absolute atomic E-state index is 5.29. The standard InChI is InChI=1S/C20H19N5O/c1-24(20-21-22-23-25(20)18-6-4-3-5-7-18)14-15-8-9-17-13-19(26-2)11-10-16(17)12-15/h3-13H,14H2,1-2H3. The van der Waals surface area contributed by atoms with Gasteiger partial charge in [-0.15, -0.1) is 0 Å². The summed E-state index contributed by atoms with van der Waals surface area (Å²) in [5.74, 6) is 1.57. The zero-order valence-electron chi connectivity index (χ0n) is 14.7. The SMILES string of the molecule is COc1ccc2cc(CN(C)c3nnnn3-c3ccccc3)ccc2c1. The van der Waals surface area contributed by atoms with Crippen molar-refractivity contribution in [3.63, 3.8) is 0 Å². The largest absolute Gasteiger partial charge is 0.497 e. The van der Waals surface area contributed by atoms with Crippen LogP contribution >= 0.6 is 0 Å². The van der Waals surface area contributed by atoms with Crippen molar-refractivity contribution < 1.29 is 4.74 Å². The normalized spacial score (nSPS) is 10.8. The van der Waals surface area contributed by atoms with Gasteiger partial charge in [0.15, 0.2) is 0 Å². The first-order valence-corrected chi connectivity index (χ1v) is 8.36. The smallest absolute Gasteiger partial charge is 0.250 e. The highest BCUT2D eigenvalue weighted by Gasteiger charge is 2.13. The highest BCUT2D eigenvalue weighted by Crippen LogP contribution is 2.23. The first-order valence-electron chi connectivity index (χ1n) is 8.36. The van der Waals surface area contributed by atoms with E-state index in [1.807, 2.05) is 54.4 Å². The first kappa shape index (κ1) is 16.1. The minimum absolute atomic E-state index is 0.700. The number of hydrogen-bond donors (Lipinski definition) is 0. The average Bonchev–Trinajstić information content (AvgIpc) is 3.18. The quantitative estimate of drug-likeness (QED) is 0.554. The lowest BCUT2D eigenvalue weighted by molar-refractivity contribution is 0.415. The van der Waals surface area contributed by atoms with Crippen molar-refractivity contribution in [2.24, 2.45) is 0 Å². The summed E-state index contributed by atoms with van der Waals surface area (Å²) in [6, 6.07) is 22.4. The monoisotopic (exact) mass is 345 g/mol. The average molecular weight is 345 g/mol. The summed E-state index contributed by atoms with van der Waals surface area (Å²) in [5.41, 5.74) is 2.12. The fraction of sp³-hybridized carbons (Fsp3) is 0.150. The van der Waals surface area contributed by atoms with Crippen LogP contribution in [0, 0.1) is 0 Å². The van der Waals surface area contributed by atoms with Gasteiger partial charge in [0.05, 0.1) is 12.8 Å². The second kappa shape index (κ2) is 6.84. The molecule has 1 heterocycles. The third-order valence-electron chi connectivity index (χ3n) is 4.33. The molecule has 0 aliphatic heterocycles. The molecule has 0 N–H and O–H groups in total. The summed E-state index contributed by atoms with van der Waals surface area (Å²) >= 11 is 0. The summed E-state index contributed by atoms with van der Waals surface area (Å²) in [4.78, 5) is 2.04. The maximum atomic E-state index is 5.29. The maximum Gasteiger partial charge on any atom is 0.250 e. The van der Waals surface area contributed by atoms with Crippen LogP contribution in [-0.2, 0) is 6.54 Å². The van der Waals surface area contributed by atoms with E-state index < -0.39 is 0 Å². The van der Waals surface area contributed by atoms with Gasteiger partial charge in [-0.25, -0.2) is 0 Å².